The SMILES string of the molecule is N#C[C@@H]1[C@@H](C(=O)O)[C@H]2C=C[C@@H]1C2. The number of allylic oxidation sites excluding steroid dienone is 2. The number of carboxylic acid groups (broad SMARTS) is 1. The Morgan fingerprint density at radius 2 is 2.17 bits per heavy atom. The van der Waals surface area contributed by atoms with Gasteiger partial charge in [-0.3, -0.25) is 4.79 Å². The van der Waals surface area contributed by atoms with Gasteiger partial charge in [0.25, 0.3) is 0 Å². The van der Waals surface area contributed by atoms with E-state index >= 15 is 0 Å². The molecular weight excluding hydrogens is 154 g/mol. The summed E-state index contributed by atoms with van der Waals surface area (Å²) in [5, 5.41) is 17.6. The molecule has 2 aliphatic carbocycles. The number of nitriles is 1. The topological polar surface area (TPSA) is 61.1 Å². The van der Waals surface area contributed by atoms with Crippen molar-refractivity contribution in [3.8, 4) is 6.07 Å². The molecule has 0 unspecified atom stereocenters. The van der Waals surface area contributed by atoms with Gasteiger partial charge in [-0.25, -0.2) is 0 Å². The van der Waals surface area contributed by atoms with Crippen LogP contribution in [0.5, 0.6) is 0 Å². The van der Waals surface area contributed by atoms with Crippen LogP contribution in [0.1, 0.15) is 6.42 Å². The lowest BCUT2D eigenvalue weighted by atomic mass is 9.84. The standard InChI is InChI=1S/C9H9NO2/c10-4-7-5-1-2-6(3-5)8(7)9(11)12/h1-2,5-8H,3H2,(H,11,12)/t5-,6+,7+,8+/m1/s1. The van der Waals surface area contributed by atoms with Gasteiger partial charge in [-0.05, 0) is 18.3 Å². The summed E-state index contributed by atoms with van der Waals surface area (Å²) in [6.45, 7) is 0. The van der Waals surface area contributed by atoms with E-state index in [0.717, 1.165) is 6.42 Å². The van der Waals surface area contributed by atoms with Crippen molar-refractivity contribution in [1.82, 2.24) is 0 Å². The van der Waals surface area contributed by atoms with Gasteiger partial charge in [-0.1, -0.05) is 12.2 Å². The number of fused-ring (bicyclic) bond motifs is 2. The van der Waals surface area contributed by atoms with E-state index in [9.17, 15) is 4.79 Å². The molecule has 4 atom stereocenters. The summed E-state index contributed by atoms with van der Waals surface area (Å²) >= 11 is 0. The molecule has 0 aromatic heterocycles. The van der Waals surface area contributed by atoms with Gasteiger partial charge in [0.2, 0.25) is 0 Å². The molecule has 3 heteroatoms. The Balaban J connectivity index is 2.30. The average molecular weight is 163 g/mol. The van der Waals surface area contributed by atoms with Gasteiger partial charge in [-0.15, -0.1) is 0 Å². The first-order valence-electron chi connectivity index (χ1n) is 4.05. The fraction of sp³-hybridized carbons (Fsp3) is 0.556. The fourth-order valence-electron chi connectivity index (χ4n) is 2.33. The van der Waals surface area contributed by atoms with E-state index in [2.05, 4.69) is 6.07 Å². The van der Waals surface area contributed by atoms with Crippen LogP contribution in [0.3, 0.4) is 0 Å². The van der Waals surface area contributed by atoms with Crippen molar-refractivity contribution in [2.24, 2.45) is 23.7 Å². The Hall–Kier alpha value is -1.30. The van der Waals surface area contributed by atoms with Crippen LogP contribution in [0.25, 0.3) is 0 Å². The molecule has 0 radical (unpaired) electrons. The third-order valence-corrected chi connectivity index (χ3v) is 2.89. The Kier molecular flexibility index (Phi) is 1.44. The molecule has 2 rings (SSSR count). The van der Waals surface area contributed by atoms with E-state index in [1.165, 1.54) is 0 Å². The highest BCUT2D eigenvalue weighted by atomic mass is 16.4. The minimum absolute atomic E-state index is 0.108. The van der Waals surface area contributed by atoms with Crippen molar-refractivity contribution >= 4 is 5.97 Å². The molecule has 1 fully saturated rings. The maximum Gasteiger partial charge on any atom is 0.308 e. The summed E-state index contributed by atoms with van der Waals surface area (Å²) < 4.78 is 0. The van der Waals surface area contributed by atoms with Crippen LogP contribution >= 0.6 is 0 Å². The maximum absolute atomic E-state index is 10.8. The third-order valence-electron chi connectivity index (χ3n) is 2.89. The fourth-order valence-corrected chi connectivity index (χ4v) is 2.33. The van der Waals surface area contributed by atoms with Crippen LogP contribution in [0.4, 0.5) is 0 Å². The van der Waals surface area contributed by atoms with Crippen LogP contribution in [-0.2, 0) is 4.79 Å². The van der Waals surface area contributed by atoms with Crippen LogP contribution in [0.15, 0.2) is 12.2 Å². The Morgan fingerprint density at radius 3 is 2.67 bits per heavy atom. The smallest absolute Gasteiger partial charge is 0.308 e. The molecule has 2 bridgehead atoms. The van der Waals surface area contributed by atoms with Crippen molar-refractivity contribution in [2.45, 2.75) is 6.42 Å². The molecule has 0 heterocycles. The Morgan fingerprint density at radius 1 is 1.50 bits per heavy atom. The number of carbonyl (C=O) groups is 1. The van der Waals surface area contributed by atoms with Gasteiger partial charge in [-0.2, -0.15) is 5.26 Å². The highest BCUT2D eigenvalue weighted by Gasteiger charge is 2.48. The summed E-state index contributed by atoms with van der Waals surface area (Å²) in [6, 6.07) is 2.09. The van der Waals surface area contributed by atoms with E-state index in [1.54, 1.807) is 0 Å². The van der Waals surface area contributed by atoms with E-state index in [4.69, 9.17) is 10.4 Å². The van der Waals surface area contributed by atoms with Gasteiger partial charge in [0.15, 0.2) is 0 Å². The molecule has 1 saturated carbocycles. The Bertz CT molecular complexity index is 289. The van der Waals surface area contributed by atoms with Gasteiger partial charge < -0.3 is 5.11 Å². The first-order chi connectivity index (χ1) is 5.74. The second kappa shape index (κ2) is 2.34. The lowest BCUT2D eigenvalue weighted by Crippen LogP contribution is -2.26. The highest BCUT2D eigenvalue weighted by molar-refractivity contribution is 5.72. The van der Waals surface area contributed by atoms with Crippen LogP contribution in [0, 0.1) is 35.0 Å². The second-order valence-electron chi connectivity index (χ2n) is 3.47. The number of nitrogens with zero attached hydrogens (tertiary/aromatic N) is 1. The number of carboxylic acids is 1. The van der Waals surface area contributed by atoms with E-state index in [-0.39, 0.29) is 17.8 Å². The first kappa shape index (κ1) is 7.35. The third kappa shape index (κ3) is 0.781. The summed E-state index contributed by atoms with van der Waals surface area (Å²) in [6.07, 6.45) is 4.78. The van der Waals surface area contributed by atoms with E-state index in [0.29, 0.717) is 0 Å². The molecule has 0 spiro atoms. The zero-order valence-electron chi connectivity index (χ0n) is 6.47. The number of hydrogen-bond acceptors (Lipinski definition) is 2. The molecule has 1 N–H and O–H groups in total. The molecular formula is C9H9NO2. The van der Waals surface area contributed by atoms with Crippen molar-refractivity contribution in [2.75, 3.05) is 0 Å². The molecule has 0 amide bonds. The minimum atomic E-state index is -0.821. The minimum Gasteiger partial charge on any atom is -0.481 e. The summed E-state index contributed by atoms with van der Waals surface area (Å²) in [5.74, 6) is -1.26. The predicted molar refractivity (Wildman–Crippen MR) is 41.0 cm³/mol. The molecule has 12 heavy (non-hydrogen) atoms. The van der Waals surface area contributed by atoms with Crippen LogP contribution in [-0.4, -0.2) is 11.1 Å². The number of aliphatic carboxylic acids is 1. The molecule has 0 aromatic rings. The largest absolute Gasteiger partial charge is 0.481 e. The zero-order chi connectivity index (χ0) is 8.72. The molecule has 62 valence electrons. The predicted octanol–water partition coefficient (Wildman–Crippen LogP) is 1.03. The average Bonchev–Trinajstić information content (AvgIpc) is 2.60. The van der Waals surface area contributed by atoms with Gasteiger partial charge in [0.1, 0.15) is 0 Å². The number of hydrogen-bond donors (Lipinski definition) is 1. The van der Waals surface area contributed by atoms with Crippen molar-refractivity contribution in [3.63, 3.8) is 0 Å². The van der Waals surface area contributed by atoms with Crippen LogP contribution < -0.4 is 0 Å². The van der Waals surface area contributed by atoms with Gasteiger partial charge in [0.05, 0.1) is 17.9 Å². The van der Waals surface area contributed by atoms with E-state index < -0.39 is 11.9 Å². The summed E-state index contributed by atoms with van der Waals surface area (Å²) in [5.41, 5.74) is 0. The maximum atomic E-state index is 10.8. The molecule has 0 aromatic carbocycles. The molecule has 0 saturated heterocycles. The van der Waals surface area contributed by atoms with Crippen molar-refractivity contribution in [1.29, 1.82) is 5.26 Å². The summed E-state index contributed by atoms with van der Waals surface area (Å²) in [4.78, 5) is 10.8. The molecule has 0 aliphatic heterocycles. The monoisotopic (exact) mass is 163 g/mol. The van der Waals surface area contributed by atoms with Crippen molar-refractivity contribution in [3.05, 3.63) is 12.2 Å². The summed E-state index contributed by atoms with van der Waals surface area (Å²) in [7, 11) is 0. The molecule has 3 nitrogen and oxygen atoms in total. The van der Waals surface area contributed by atoms with Gasteiger partial charge >= 0.3 is 5.97 Å². The first-order valence-corrected chi connectivity index (χ1v) is 4.05. The van der Waals surface area contributed by atoms with E-state index in [1.807, 2.05) is 12.2 Å². The second-order valence-corrected chi connectivity index (χ2v) is 3.47. The van der Waals surface area contributed by atoms with Crippen molar-refractivity contribution < 1.29 is 9.90 Å². The molecule has 2 aliphatic rings. The Labute approximate surface area is 70.3 Å². The quantitative estimate of drug-likeness (QED) is 0.587. The lowest BCUT2D eigenvalue weighted by molar-refractivity contribution is -0.143. The van der Waals surface area contributed by atoms with Crippen LogP contribution in [0.2, 0.25) is 0 Å². The van der Waals surface area contributed by atoms with Gasteiger partial charge in [0, 0.05) is 0 Å². The lowest BCUT2D eigenvalue weighted by Gasteiger charge is -2.17. The highest BCUT2D eigenvalue weighted by Crippen LogP contribution is 2.47. The normalized spacial score (nSPS) is 42.9. The zero-order valence-corrected chi connectivity index (χ0v) is 6.47. The number of rotatable bonds is 1.